The molecule has 1 atom stereocenters. The number of hydrogen-bond acceptors (Lipinski definition) is 3. The molecule has 1 aliphatic rings. The highest BCUT2D eigenvalue weighted by molar-refractivity contribution is 6.05. The molecule has 0 fully saturated rings. The molecule has 3 nitrogen and oxygen atoms in total. The maximum atomic E-state index is 6.84. The van der Waals surface area contributed by atoms with E-state index < -0.39 is 0 Å². The van der Waals surface area contributed by atoms with Crippen molar-refractivity contribution in [3.63, 3.8) is 0 Å². The minimum Gasteiger partial charge on any atom is -0.458 e. The fraction of sp³-hybridized carbons (Fsp3) is 0.0357. The molecule has 280 valence electrons. The standard InChI is InChI=1S/C56H40N2O/c1-4-16-39(17-5-1)40-28-33-46(34-29-40)57(44-20-6-2-7-21-44)51-37-32-41-18-10-12-24-48(41)54(51)42-30-35-47(36-31-42)58(45-22-8-3-9-23-45)52-38-43-19-11-13-25-49(43)55-50-26-14-15-27-53(50)59-56(52)55/h1-37,52H,38H2. The smallest absolute Gasteiger partial charge is 0.136 e. The lowest BCUT2D eigenvalue weighted by Gasteiger charge is -2.36. The Morgan fingerprint density at radius 1 is 0.390 bits per heavy atom. The van der Waals surface area contributed by atoms with Gasteiger partial charge in [-0.2, -0.15) is 0 Å². The summed E-state index contributed by atoms with van der Waals surface area (Å²) in [5.41, 5.74) is 15.0. The zero-order valence-electron chi connectivity index (χ0n) is 32.4. The van der Waals surface area contributed by atoms with E-state index in [4.69, 9.17) is 4.42 Å². The van der Waals surface area contributed by atoms with Gasteiger partial charge in [-0.1, -0.05) is 164 Å². The number of benzene rings is 9. The largest absolute Gasteiger partial charge is 0.458 e. The average molecular weight is 757 g/mol. The van der Waals surface area contributed by atoms with E-state index in [2.05, 4.69) is 234 Å². The Kier molecular flexibility index (Phi) is 8.63. The summed E-state index contributed by atoms with van der Waals surface area (Å²) in [6.07, 6.45) is 0.822. The van der Waals surface area contributed by atoms with Crippen molar-refractivity contribution in [2.24, 2.45) is 0 Å². The van der Waals surface area contributed by atoms with Crippen molar-refractivity contribution in [3.05, 3.63) is 236 Å². The molecule has 1 aliphatic carbocycles. The molecule has 0 spiro atoms. The Hall–Kier alpha value is -7.62. The summed E-state index contributed by atoms with van der Waals surface area (Å²) in [4.78, 5) is 4.86. The van der Waals surface area contributed by atoms with Crippen LogP contribution in [0, 0.1) is 0 Å². The van der Waals surface area contributed by atoms with Crippen LogP contribution in [-0.2, 0) is 6.42 Å². The van der Waals surface area contributed by atoms with Gasteiger partial charge in [-0.25, -0.2) is 0 Å². The third-order valence-corrected chi connectivity index (χ3v) is 11.8. The first-order valence-corrected chi connectivity index (χ1v) is 20.4. The minimum atomic E-state index is -0.0545. The van der Waals surface area contributed by atoms with Crippen LogP contribution >= 0.6 is 0 Å². The predicted molar refractivity (Wildman–Crippen MR) is 246 cm³/mol. The Morgan fingerprint density at radius 2 is 0.932 bits per heavy atom. The van der Waals surface area contributed by atoms with Crippen molar-refractivity contribution < 1.29 is 4.42 Å². The number of rotatable bonds is 8. The molecule has 59 heavy (non-hydrogen) atoms. The molecule has 0 N–H and O–H groups in total. The normalized spacial score (nSPS) is 13.2. The van der Waals surface area contributed by atoms with Crippen LogP contribution in [0.1, 0.15) is 17.4 Å². The lowest BCUT2D eigenvalue weighted by molar-refractivity contribution is 0.486. The SMILES string of the molecule is c1ccc(-c2ccc(N(c3ccccc3)c3ccc4ccccc4c3-c3ccc(N(c4ccccc4)C4Cc5ccccc5-c5c4oc4ccccc54)cc3)cc2)cc1. The summed E-state index contributed by atoms with van der Waals surface area (Å²) in [6, 6.07) is 80.6. The van der Waals surface area contributed by atoms with Gasteiger partial charge in [0, 0.05) is 45.7 Å². The van der Waals surface area contributed by atoms with Crippen molar-refractivity contribution in [2.45, 2.75) is 12.5 Å². The summed E-state index contributed by atoms with van der Waals surface area (Å²) in [7, 11) is 0. The minimum absolute atomic E-state index is 0.0545. The zero-order chi connectivity index (χ0) is 39.1. The van der Waals surface area contributed by atoms with E-state index in [1.807, 2.05) is 0 Å². The lowest BCUT2D eigenvalue weighted by atomic mass is 9.84. The van der Waals surface area contributed by atoms with Gasteiger partial charge in [0.2, 0.25) is 0 Å². The van der Waals surface area contributed by atoms with Crippen LogP contribution in [0.4, 0.5) is 28.4 Å². The van der Waals surface area contributed by atoms with Crippen LogP contribution in [0.3, 0.4) is 0 Å². The average Bonchev–Trinajstić information content (AvgIpc) is 3.71. The van der Waals surface area contributed by atoms with Crippen LogP contribution in [0.15, 0.2) is 229 Å². The van der Waals surface area contributed by atoms with Gasteiger partial charge in [0.25, 0.3) is 0 Å². The highest BCUT2D eigenvalue weighted by Crippen LogP contribution is 2.50. The molecule has 1 unspecified atom stereocenters. The summed E-state index contributed by atoms with van der Waals surface area (Å²) in [5.74, 6) is 1.01. The van der Waals surface area contributed by atoms with Gasteiger partial charge >= 0.3 is 0 Å². The molecule has 1 heterocycles. The van der Waals surface area contributed by atoms with Crippen molar-refractivity contribution in [3.8, 4) is 33.4 Å². The molecule has 1 aromatic heterocycles. The number of furan rings is 1. The van der Waals surface area contributed by atoms with Crippen molar-refractivity contribution in [2.75, 3.05) is 9.80 Å². The summed E-state index contributed by atoms with van der Waals surface area (Å²) in [6.45, 7) is 0. The van der Waals surface area contributed by atoms with E-state index in [-0.39, 0.29) is 6.04 Å². The van der Waals surface area contributed by atoms with Gasteiger partial charge in [-0.3, -0.25) is 0 Å². The summed E-state index contributed by atoms with van der Waals surface area (Å²) >= 11 is 0. The van der Waals surface area contributed by atoms with E-state index >= 15 is 0 Å². The van der Waals surface area contributed by atoms with Crippen LogP contribution in [-0.4, -0.2) is 0 Å². The van der Waals surface area contributed by atoms with Gasteiger partial charge in [-0.15, -0.1) is 0 Å². The number of hydrogen-bond donors (Lipinski definition) is 0. The maximum Gasteiger partial charge on any atom is 0.136 e. The van der Waals surface area contributed by atoms with Crippen LogP contribution in [0.5, 0.6) is 0 Å². The monoisotopic (exact) mass is 756 g/mol. The second-order valence-electron chi connectivity index (χ2n) is 15.2. The molecule has 0 amide bonds. The quantitative estimate of drug-likeness (QED) is 0.154. The Morgan fingerprint density at radius 3 is 1.69 bits per heavy atom. The van der Waals surface area contributed by atoms with Crippen LogP contribution < -0.4 is 9.80 Å². The molecular formula is C56H40N2O. The van der Waals surface area contributed by atoms with Crippen LogP contribution in [0.2, 0.25) is 0 Å². The van der Waals surface area contributed by atoms with Crippen molar-refractivity contribution >= 4 is 50.2 Å². The van der Waals surface area contributed by atoms with Crippen molar-refractivity contribution in [1.82, 2.24) is 0 Å². The van der Waals surface area contributed by atoms with E-state index in [0.29, 0.717) is 0 Å². The molecule has 0 saturated carbocycles. The highest BCUT2D eigenvalue weighted by atomic mass is 16.3. The number of nitrogens with zero attached hydrogens (tertiary/aromatic N) is 2. The first-order valence-electron chi connectivity index (χ1n) is 20.4. The molecule has 10 aromatic rings. The third kappa shape index (κ3) is 6.16. The molecular weight excluding hydrogens is 717 g/mol. The number of anilines is 5. The maximum absolute atomic E-state index is 6.84. The van der Waals surface area contributed by atoms with Crippen LogP contribution in [0.25, 0.3) is 55.1 Å². The first kappa shape index (κ1) is 34.6. The highest BCUT2D eigenvalue weighted by Gasteiger charge is 2.35. The first-order chi connectivity index (χ1) is 29.3. The van der Waals surface area contributed by atoms with Gasteiger partial charge < -0.3 is 14.2 Å². The molecule has 0 bridgehead atoms. The third-order valence-electron chi connectivity index (χ3n) is 11.8. The lowest BCUT2D eigenvalue weighted by Crippen LogP contribution is -2.28. The Balaban J connectivity index is 1.06. The van der Waals surface area contributed by atoms with E-state index in [1.54, 1.807) is 0 Å². The molecule has 0 saturated heterocycles. The van der Waals surface area contributed by atoms with Gasteiger partial charge in [-0.05, 0) is 99.3 Å². The predicted octanol–water partition coefficient (Wildman–Crippen LogP) is 15.5. The topological polar surface area (TPSA) is 19.6 Å². The molecule has 0 radical (unpaired) electrons. The Labute approximate surface area is 344 Å². The van der Waals surface area contributed by atoms with Crippen molar-refractivity contribution in [1.29, 1.82) is 0 Å². The fourth-order valence-electron chi connectivity index (χ4n) is 9.10. The number of para-hydroxylation sites is 3. The van der Waals surface area contributed by atoms with E-state index in [9.17, 15) is 0 Å². The second-order valence-corrected chi connectivity index (χ2v) is 15.2. The summed E-state index contributed by atoms with van der Waals surface area (Å²) < 4.78 is 6.84. The second kappa shape index (κ2) is 14.7. The molecule has 11 rings (SSSR count). The fourth-order valence-corrected chi connectivity index (χ4v) is 9.10. The summed E-state index contributed by atoms with van der Waals surface area (Å²) in [5, 5.41) is 3.56. The molecule has 9 aromatic carbocycles. The number of fused-ring (bicyclic) bond motifs is 6. The zero-order valence-corrected chi connectivity index (χ0v) is 32.4. The molecule has 3 heteroatoms. The van der Waals surface area contributed by atoms with Gasteiger partial charge in [0.15, 0.2) is 0 Å². The Bertz CT molecular complexity index is 3060. The van der Waals surface area contributed by atoms with E-state index in [1.165, 1.54) is 44.2 Å². The van der Waals surface area contributed by atoms with E-state index in [0.717, 1.165) is 57.2 Å². The van der Waals surface area contributed by atoms with Gasteiger partial charge in [0.05, 0.1) is 11.7 Å². The van der Waals surface area contributed by atoms with Gasteiger partial charge in [0.1, 0.15) is 11.3 Å². The molecule has 0 aliphatic heterocycles.